The largest absolute Gasteiger partial charge is 0.497 e. The Labute approximate surface area is 158 Å². The number of H-pyrrole nitrogens is 2. The van der Waals surface area contributed by atoms with E-state index < -0.39 is 11.1 Å². The highest BCUT2D eigenvalue weighted by molar-refractivity contribution is 6.37. The second kappa shape index (κ2) is 7.64. The number of rotatable bonds is 3. The van der Waals surface area contributed by atoms with Gasteiger partial charge in [0.1, 0.15) is 16.4 Å². The van der Waals surface area contributed by atoms with Gasteiger partial charge in [0.2, 0.25) is 0 Å². The summed E-state index contributed by atoms with van der Waals surface area (Å²) in [5.41, 5.74) is 0.317. The molecule has 7 heteroatoms. The van der Waals surface area contributed by atoms with Crippen LogP contribution >= 0.6 is 23.2 Å². The summed E-state index contributed by atoms with van der Waals surface area (Å²) in [6.45, 7) is 0. The van der Waals surface area contributed by atoms with Crippen LogP contribution in [0.2, 0.25) is 10.0 Å². The Hall–Kier alpha value is -2.76. The highest BCUT2D eigenvalue weighted by Crippen LogP contribution is 2.24. The van der Waals surface area contributed by atoms with Crippen molar-refractivity contribution in [1.82, 2.24) is 9.97 Å². The van der Waals surface area contributed by atoms with Crippen LogP contribution in [-0.4, -0.2) is 17.1 Å². The van der Waals surface area contributed by atoms with Crippen molar-refractivity contribution in [3.63, 3.8) is 0 Å². The summed E-state index contributed by atoms with van der Waals surface area (Å²) in [7, 11) is 1.57. The Bertz CT molecular complexity index is 1160. The molecule has 0 fully saturated rings. The van der Waals surface area contributed by atoms with Gasteiger partial charge in [-0.3, -0.25) is 9.59 Å². The van der Waals surface area contributed by atoms with E-state index >= 15 is 0 Å². The van der Waals surface area contributed by atoms with Crippen LogP contribution in [0.1, 0.15) is 11.1 Å². The number of halogens is 2. The Morgan fingerprint density at radius 3 is 1.92 bits per heavy atom. The van der Waals surface area contributed by atoms with Gasteiger partial charge in [0.05, 0.1) is 7.11 Å². The zero-order chi connectivity index (χ0) is 18.7. The molecule has 1 aromatic heterocycles. The molecular formula is C19H14Cl2N2O3. The number of aromatic amines is 2. The summed E-state index contributed by atoms with van der Waals surface area (Å²) >= 11 is 12.2. The van der Waals surface area contributed by atoms with Crippen molar-refractivity contribution in [2.24, 2.45) is 0 Å². The molecule has 132 valence electrons. The van der Waals surface area contributed by atoms with E-state index in [9.17, 15) is 9.59 Å². The predicted molar refractivity (Wildman–Crippen MR) is 104 cm³/mol. The minimum atomic E-state index is -0.458. The monoisotopic (exact) mass is 388 g/mol. The van der Waals surface area contributed by atoms with E-state index in [-0.39, 0.29) is 10.7 Å². The van der Waals surface area contributed by atoms with E-state index in [0.29, 0.717) is 21.4 Å². The molecular weight excluding hydrogens is 375 g/mol. The standard InChI is InChI=1S/C19H14Cl2N2O3/c1-26-12-7-5-11(6-8-12)9-16-18(24)23-17(19(25)22-16)10-13-14(20)3-2-4-15(13)21/h2-10H,1H3,(H,22,25)(H,23,24). The lowest BCUT2D eigenvalue weighted by Gasteiger charge is -2.00. The number of methoxy groups -OCH3 is 1. The summed E-state index contributed by atoms with van der Waals surface area (Å²) in [5.74, 6) is 0.700. The first kappa shape index (κ1) is 18.0. The van der Waals surface area contributed by atoms with Crippen molar-refractivity contribution < 1.29 is 4.74 Å². The van der Waals surface area contributed by atoms with Crippen molar-refractivity contribution in [1.29, 1.82) is 0 Å². The van der Waals surface area contributed by atoms with E-state index in [0.717, 1.165) is 5.56 Å². The van der Waals surface area contributed by atoms with Gasteiger partial charge in [-0.1, -0.05) is 41.4 Å². The minimum Gasteiger partial charge on any atom is -0.497 e. The van der Waals surface area contributed by atoms with Gasteiger partial charge in [0.25, 0.3) is 11.1 Å². The second-order valence-corrected chi connectivity index (χ2v) is 6.25. The number of hydrogen-bond acceptors (Lipinski definition) is 3. The zero-order valence-corrected chi connectivity index (χ0v) is 15.2. The van der Waals surface area contributed by atoms with E-state index in [1.807, 2.05) is 0 Å². The van der Waals surface area contributed by atoms with Crippen molar-refractivity contribution >= 4 is 35.4 Å². The third-order valence-corrected chi connectivity index (χ3v) is 4.36. The normalized spacial score (nSPS) is 12.4. The van der Waals surface area contributed by atoms with Crippen LogP contribution in [0.25, 0.3) is 12.2 Å². The molecule has 0 bridgehead atoms. The van der Waals surface area contributed by atoms with Crippen molar-refractivity contribution in [2.75, 3.05) is 7.11 Å². The Morgan fingerprint density at radius 2 is 1.38 bits per heavy atom. The predicted octanol–water partition coefficient (Wildman–Crippen LogP) is 2.04. The van der Waals surface area contributed by atoms with Crippen LogP contribution in [0.15, 0.2) is 52.1 Å². The highest BCUT2D eigenvalue weighted by Gasteiger charge is 2.04. The molecule has 3 rings (SSSR count). The van der Waals surface area contributed by atoms with Gasteiger partial charge >= 0.3 is 0 Å². The molecule has 2 N–H and O–H groups in total. The maximum atomic E-state index is 12.3. The van der Waals surface area contributed by atoms with Crippen LogP contribution in [0.5, 0.6) is 5.75 Å². The fourth-order valence-corrected chi connectivity index (χ4v) is 2.86. The molecule has 0 unspecified atom stereocenters. The molecule has 0 saturated heterocycles. The van der Waals surface area contributed by atoms with E-state index in [2.05, 4.69) is 9.97 Å². The molecule has 3 aromatic rings. The number of ether oxygens (including phenoxy) is 1. The minimum absolute atomic E-state index is 0.0666. The number of nitrogens with one attached hydrogen (secondary N) is 2. The van der Waals surface area contributed by atoms with Crippen molar-refractivity contribution in [2.45, 2.75) is 0 Å². The molecule has 0 radical (unpaired) electrons. The highest BCUT2D eigenvalue weighted by atomic mass is 35.5. The molecule has 0 amide bonds. The van der Waals surface area contributed by atoms with Gasteiger partial charge in [-0.2, -0.15) is 0 Å². The summed E-state index contributed by atoms with van der Waals surface area (Å²) in [4.78, 5) is 29.8. The van der Waals surface area contributed by atoms with Crippen molar-refractivity contribution in [3.8, 4) is 5.75 Å². The topological polar surface area (TPSA) is 75.0 Å². The number of aromatic nitrogens is 2. The lowest BCUT2D eigenvalue weighted by atomic mass is 10.2. The van der Waals surface area contributed by atoms with E-state index in [1.165, 1.54) is 6.08 Å². The summed E-state index contributed by atoms with van der Waals surface area (Å²) in [6.07, 6.45) is 3.02. The smallest absolute Gasteiger partial charge is 0.272 e. The molecule has 0 spiro atoms. The Morgan fingerprint density at radius 1 is 0.846 bits per heavy atom. The Kier molecular flexibility index (Phi) is 5.30. The molecule has 0 saturated carbocycles. The van der Waals surface area contributed by atoms with Gasteiger partial charge in [-0.15, -0.1) is 0 Å². The molecule has 5 nitrogen and oxygen atoms in total. The van der Waals surface area contributed by atoms with Crippen molar-refractivity contribution in [3.05, 3.63) is 95.0 Å². The number of hydrogen-bond donors (Lipinski definition) is 2. The van der Waals surface area contributed by atoms with Crippen LogP contribution in [0.4, 0.5) is 0 Å². The van der Waals surface area contributed by atoms with Crippen LogP contribution in [0.3, 0.4) is 0 Å². The lowest BCUT2D eigenvalue weighted by Crippen LogP contribution is -2.46. The summed E-state index contributed by atoms with van der Waals surface area (Å²) < 4.78 is 5.09. The average Bonchev–Trinajstić information content (AvgIpc) is 2.62. The van der Waals surface area contributed by atoms with Crippen LogP contribution in [-0.2, 0) is 0 Å². The first-order chi connectivity index (χ1) is 12.5. The van der Waals surface area contributed by atoms with Gasteiger partial charge in [-0.05, 0) is 42.0 Å². The Balaban J connectivity index is 2.12. The lowest BCUT2D eigenvalue weighted by molar-refractivity contribution is 0.415. The summed E-state index contributed by atoms with van der Waals surface area (Å²) in [6, 6.07) is 12.1. The first-order valence-electron chi connectivity index (χ1n) is 7.62. The molecule has 0 aliphatic carbocycles. The second-order valence-electron chi connectivity index (χ2n) is 5.43. The van der Waals surface area contributed by atoms with Gasteiger partial charge in [-0.25, -0.2) is 0 Å². The molecule has 0 aliphatic heterocycles. The third-order valence-electron chi connectivity index (χ3n) is 3.70. The zero-order valence-electron chi connectivity index (χ0n) is 13.7. The molecule has 0 aliphatic rings. The average molecular weight is 389 g/mol. The van der Waals surface area contributed by atoms with Gasteiger partial charge in [0, 0.05) is 15.6 Å². The number of benzene rings is 2. The first-order valence-corrected chi connectivity index (χ1v) is 8.37. The quantitative estimate of drug-likeness (QED) is 0.720. The van der Waals surface area contributed by atoms with Gasteiger partial charge in [0.15, 0.2) is 0 Å². The molecule has 1 heterocycles. The molecule has 2 aromatic carbocycles. The van der Waals surface area contributed by atoms with Crippen LogP contribution < -0.4 is 26.6 Å². The summed E-state index contributed by atoms with van der Waals surface area (Å²) in [5, 5.41) is 0.970. The SMILES string of the molecule is COc1ccc(C=c2[nH]c(=O)c(=Cc3c(Cl)cccc3Cl)[nH]c2=O)cc1. The van der Waals surface area contributed by atoms with Crippen LogP contribution in [0, 0.1) is 0 Å². The maximum absolute atomic E-state index is 12.3. The van der Waals surface area contributed by atoms with Gasteiger partial charge < -0.3 is 14.7 Å². The fourth-order valence-electron chi connectivity index (χ4n) is 2.36. The molecule has 26 heavy (non-hydrogen) atoms. The van der Waals surface area contributed by atoms with E-state index in [1.54, 1.807) is 55.7 Å². The maximum Gasteiger partial charge on any atom is 0.272 e. The fraction of sp³-hybridized carbons (Fsp3) is 0.0526. The van der Waals surface area contributed by atoms with E-state index in [4.69, 9.17) is 27.9 Å². The third kappa shape index (κ3) is 3.90. The molecule has 0 atom stereocenters.